The van der Waals surface area contributed by atoms with Gasteiger partial charge in [-0.1, -0.05) is 18.2 Å². The summed E-state index contributed by atoms with van der Waals surface area (Å²) in [5.74, 6) is -0.170. The Morgan fingerprint density at radius 1 is 1.08 bits per heavy atom. The Morgan fingerprint density at radius 3 is 2.58 bits per heavy atom. The van der Waals surface area contributed by atoms with Gasteiger partial charge in [0.2, 0.25) is 5.91 Å². The van der Waals surface area contributed by atoms with Crippen molar-refractivity contribution in [2.24, 2.45) is 0 Å². The average molecular weight is 345 g/mol. The number of rotatable bonds is 9. The van der Waals surface area contributed by atoms with Crippen LogP contribution in [0.1, 0.15) is 23.2 Å². The molecule has 1 aromatic carbocycles. The molecule has 5 nitrogen and oxygen atoms in total. The second-order valence-corrected chi connectivity index (χ2v) is 6.26. The van der Waals surface area contributed by atoms with Gasteiger partial charge in [0, 0.05) is 49.7 Å². The van der Waals surface area contributed by atoms with Crippen molar-refractivity contribution in [3.63, 3.8) is 0 Å². The van der Waals surface area contributed by atoms with Gasteiger partial charge in [-0.15, -0.1) is 0 Å². The Labute approximate surface area is 146 Å². The van der Waals surface area contributed by atoms with Crippen LogP contribution in [-0.4, -0.2) is 38.5 Å². The first kappa shape index (κ1) is 18.0. The Morgan fingerprint density at radius 2 is 1.88 bits per heavy atom. The lowest BCUT2D eigenvalue weighted by atomic mass is 10.3. The SMILES string of the molecule is CN(CCCNC(=O)CCNC(=O)c1ccsc1)c1ccccc1. The van der Waals surface area contributed by atoms with E-state index in [2.05, 4.69) is 27.7 Å². The van der Waals surface area contributed by atoms with Crippen LogP contribution in [0.25, 0.3) is 0 Å². The summed E-state index contributed by atoms with van der Waals surface area (Å²) in [6.07, 6.45) is 1.17. The average Bonchev–Trinajstić information content (AvgIpc) is 3.14. The molecule has 0 bridgehead atoms. The minimum absolute atomic E-state index is 0.0389. The lowest BCUT2D eigenvalue weighted by Gasteiger charge is -2.19. The van der Waals surface area contributed by atoms with E-state index in [1.807, 2.05) is 30.6 Å². The molecule has 0 unspecified atom stereocenters. The predicted octanol–water partition coefficient (Wildman–Crippen LogP) is 2.51. The van der Waals surface area contributed by atoms with Gasteiger partial charge in [-0.3, -0.25) is 9.59 Å². The molecule has 0 aliphatic carbocycles. The smallest absolute Gasteiger partial charge is 0.252 e. The largest absolute Gasteiger partial charge is 0.375 e. The second kappa shape index (κ2) is 9.72. The number of carbonyl (C=O) groups is 2. The molecule has 0 fully saturated rings. The number of carbonyl (C=O) groups excluding carboxylic acids is 2. The molecule has 0 aliphatic heterocycles. The van der Waals surface area contributed by atoms with Gasteiger partial charge in [0.25, 0.3) is 5.91 Å². The highest BCUT2D eigenvalue weighted by molar-refractivity contribution is 7.08. The summed E-state index contributed by atoms with van der Waals surface area (Å²) in [6.45, 7) is 1.86. The molecule has 2 N–H and O–H groups in total. The van der Waals surface area contributed by atoms with Crippen LogP contribution >= 0.6 is 11.3 Å². The maximum Gasteiger partial charge on any atom is 0.252 e. The van der Waals surface area contributed by atoms with Crippen molar-refractivity contribution in [1.29, 1.82) is 0 Å². The van der Waals surface area contributed by atoms with Crippen LogP contribution < -0.4 is 15.5 Å². The highest BCUT2D eigenvalue weighted by Gasteiger charge is 2.06. The summed E-state index contributed by atoms with van der Waals surface area (Å²) < 4.78 is 0. The van der Waals surface area contributed by atoms with Gasteiger partial charge in [0.15, 0.2) is 0 Å². The molecule has 1 heterocycles. The predicted molar refractivity (Wildman–Crippen MR) is 98.6 cm³/mol. The quantitative estimate of drug-likeness (QED) is 0.687. The summed E-state index contributed by atoms with van der Waals surface area (Å²) in [4.78, 5) is 25.6. The number of anilines is 1. The van der Waals surface area contributed by atoms with Crippen LogP contribution in [0.15, 0.2) is 47.2 Å². The van der Waals surface area contributed by atoms with Crippen molar-refractivity contribution in [3.8, 4) is 0 Å². The van der Waals surface area contributed by atoms with Crippen LogP contribution in [0.3, 0.4) is 0 Å². The molecule has 128 valence electrons. The Balaban J connectivity index is 1.54. The fraction of sp³-hybridized carbons (Fsp3) is 0.333. The van der Waals surface area contributed by atoms with E-state index in [9.17, 15) is 9.59 Å². The first-order valence-corrected chi connectivity index (χ1v) is 8.94. The van der Waals surface area contributed by atoms with E-state index in [-0.39, 0.29) is 11.8 Å². The Bertz CT molecular complexity index is 629. The number of hydrogen-bond donors (Lipinski definition) is 2. The van der Waals surface area contributed by atoms with Gasteiger partial charge < -0.3 is 15.5 Å². The van der Waals surface area contributed by atoms with E-state index in [1.165, 1.54) is 17.0 Å². The van der Waals surface area contributed by atoms with Gasteiger partial charge >= 0.3 is 0 Å². The summed E-state index contributed by atoms with van der Waals surface area (Å²) in [5.41, 5.74) is 1.81. The van der Waals surface area contributed by atoms with Crippen LogP contribution in [0.5, 0.6) is 0 Å². The first-order valence-electron chi connectivity index (χ1n) is 8.00. The number of nitrogens with one attached hydrogen (secondary N) is 2. The third-order valence-electron chi connectivity index (χ3n) is 3.61. The zero-order valence-corrected chi connectivity index (χ0v) is 14.6. The van der Waals surface area contributed by atoms with Gasteiger partial charge in [-0.25, -0.2) is 0 Å². The molecule has 2 amide bonds. The summed E-state index contributed by atoms with van der Waals surface area (Å²) in [6, 6.07) is 11.9. The third-order valence-corrected chi connectivity index (χ3v) is 4.29. The van der Waals surface area contributed by atoms with E-state index in [0.717, 1.165) is 13.0 Å². The molecule has 0 aliphatic rings. The lowest BCUT2D eigenvalue weighted by Crippen LogP contribution is -2.32. The Kier molecular flexibility index (Phi) is 7.29. The van der Waals surface area contributed by atoms with Crippen LogP contribution in [0, 0.1) is 0 Å². The molecule has 2 rings (SSSR count). The summed E-state index contributed by atoms with van der Waals surface area (Å²) in [5, 5.41) is 9.27. The zero-order valence-electron chi connectivity index (χ0n) is 13.8. The number of thiophene rings is 1. The van der Waals surface area contributed by atoms with Crippen molar-refractivity contribution in [1.82, 2.24) is 10.6 Å². The molecular formula is C18H23N3O2S. The summed E-state index contributed by atoms with van der Waals surface area (Å²) in [7, 11) is 2.04. The normalized spacial score (nSPS) is 10.2. The fourth-order valence-electron chi connectivity index (χ4n) is 2.23. The summed E-state index contributed by atoms with van der Waals surface area (Å²) >= 11 is 1.48. The third kappa shape index (κ3) is 6.04. The zero-order chi connectivity index (χ0) is 17.2. The highest BCUT2D eigenvalue weighted by atomic mass is 32.1. The van der Waals surface area contributed by atoms with E-state index in [4.69, 9.17) is 0 Å². The molecule has 6 heteroatoms. The van der Waals surface area contributed by atoms with Crippen molar-refractivity contribution >= 4 is 28.8 Å². The molecule has 0 saturated carbocycles. The molecule has 24 heavy (non-hydrogen) atoms. The van der Waals surface area contributed by atoms with Gasteiger partial charge in [0.1, 0.15) is 0 Å². The van der Waals surface area contributed by atoms with E-state index in [1.54, 1.807) is 11.4 Å². The minimum Gasteiger partial charge on any atom is -0.375 e. The topological polar surface area (TPSA) is 61.4 Å². The molecule has 1 aromatic heterocycles. The fourth-order valence-corrected chi connectivity index (χ4v) is 2.87. The highest BCUT2D eigenvalue weighted by Crippen LogP contribution is 2.10. The van der Waals surface area contributed by atoms with E-state index in [0.29, 0.717) is 25.1 Å². The second-order valence-electron chi connectivity index (χ2n) is 5.48. The number of hydrogen-bond acceptors (Lipinski definition) is 4. The standard InChI is InChI=1S/C18H23N3O2S/c1-21(16-6-3-2-4-7-16)12-5-10-19-17(22)8-11-20-18(23)15-9-13-24-14-15/h2-4,6-7,9,13-14H,5,8,10-12H2,1H3,(H,19,22)(H,20,23). The van der Waals surface area contributed by atoms with Crippen LogP contribution in [0.4, 0.5) is 5.69 Å². The van der Waals surface area contributed by atoms with Crippen molar-refractivity contribution < 1.29 is 9.59 Å². The van der Waals surface area contributed by atoms with Crippen molar-refractivity contribution in [2.45, 2.75) is 12.8 Å². The molecule has 0 atom stereocenters. The molecule has 0 radical (unpaired) electrons. The minimum atomic E-state index is -0.131. The lowest BCUT2D eigenvalue weighted by molar-refractivity contribution is -0.120. The van der Waals surface area contributed by atoms with E-state index < -0.39 is 0 Å². The van der Waals surface area contributed by atoms with Crippen molar-refractivity contribution in [3.05, 3.63) is 52.7 Å². The molecule has 2 aromatic rings. The molecular weight excluding hydrogens is 322 g/mol. The number of benzene rings is 1. The first-order chi connectivity index (χ1) is 11.7. The van der Waals surface area contributed by atoms with Gasteiger partial charge in [-0.05, 0) is 30.0 Å². The molecule has 0 saturated heterocycles. The van der Waals surface area contributed by atoms with Crippen LogP contribution in [0.2, 0.25) is 0 Å². The number of nitrogens with zero attached hydrogens (tertiary/aromatic N) is 1. The van der Waals surface area contributed by atoms with E-state index >= 15 is 0 Å². The maximum atomic E-state index is 11.8. The van der Waals surface area contributed by atoms with Gasteiger partial charge in [-0.2, -0.15) is 11.3 Å². The van der Waals surface area contributed by atoms with Gasteiger partial charge in [0.05, 0.1) is 0 Å². The Hall–Kier alpha value is -2.34. The molecule has 0 spiro atoms. The monoisotopic (exact) mass is 345 g/mol. The number of para-hydroxylation sites is 1. The maximum absolute atomic E-state index is 11.8. The van der Waals surface area contributed by atoms with Crippen molar-refractivity contribution in [2.75, 3.05) is 31.6 Å². The number of amides is 2. The van der Waals surface area contributed by atoms with Crippen LogP contribution in [-0.2, 0) is 4.79 Å².